The van der Waals surface area contributed by atoms with Crippen molar-refractivity contribution in [1.82, 2.24) is 10.2 Å². The molecule has 0 saturated carbocycles. The van der Waals surface area contributed by atoms with E-state index in [1.165, 1.54) is 7.11 Å². The van der Waals surface area contributed by atoms with Crippen LogP contribution < -0.4 is 14.8 Å². The van der Waals surface area contributed by atoms with Crippen molar-refractivity contribution >= 4 is 17.5 Å². The predicted octanol–water partition coefficient (Wildman–Crippen LogP) is 3.62. The van der Waals surface area contributed by atoms with Crippen LogP contribution in [-0.4, -0.2) is 48.9 Å². The number of nitrogens with one attached hydrogen (secondary N) is 1. The van der Waals surface area contributed by atoms with Gasteiger partial charge in [0, 0.05) is 18.5 Å². The molecule has 0 aromatic heterocycles. The number of ether oxygens (including phenoxy) is 2. The fourth-order valence-corrected chi connectivity index (χ4v) is 4.31. The Balaban J connectivity index is 1.30. The number of hydrogen-bond donors (Lipinski definition) is 1. The third-order valence-corrected chi connectivity index (χ3v) is 6.08. The van der Waals surface area contributed by atoms with E-state index in [9.17, 15) is 9.59 Å². The van der Waals surface area contributed by atoms with E-state index < -0.39 is 6.04 Å². The Bertz CT molecular complexity index is 1260. The van der Waals surface area contributed by atoms with Gasteiger partial charge in [-0.25, -0.2) is 0 Å². The summed E-state index contributed by atoms with van der Waals surface area (Å²) in [6.07, 6.45) is 0.314. The molecule has 1 saturated heterocycles. The molecule has 35 heavy (non-hydrogen) atoms. The highest BCUT2D eigenvalue weighted by molar-refractivity contribution is 6.05. The summed E-state index contributed by atoms with van der Waals surface area (Å²) in [5.41, 5.74) is 4.12. The minimum Gasteiger partial charge on any atom is -0.454 e. The molecule has 0 bridgehead atoms. The summed E-state index contributed by atoms with van der Waals surface area (Å²) in [6, 6.07) is 22.2. The highest BCUT2D eigenvalue weighted by Crippen LogP contribution is 2.32. The smallest absolute Gasteiger partial charge is 0.254 e. The quantitative estimate of drug-likeness (QED) is 0.555. The van der Waals surface area contributed by atoms with Gasteiger partial charge >= 0.3 is 0 Å². The molecule has 178 valence electrons. The second kappa shape index (κ2) is 9.89. The van der Waals surface area contributed by atoms with Crippen LogP contribution in [0.15, 0.2) is 78.0 Å². The van der Waals surface area contributed by atoms with Gasteiger partial charge in [-0.2, -0.15) is 0 Å². The molecule has 2 amide bonds. The van der Waals surface area contributed by atoms with Gasteiger partial charge in [-0.1, -0.05) is 53.7 Å². The summed E-state index contributed by atoms with van der Waals surface area (Å²) in [4.78, 5) is 33.0. The Hall–Kier alpha value is -4.33. The maximum absolute atomic E-state index is 13.4. The van der Waals surface area contributed by atoms with E-state index in [0.29, 0.717) is 35.7 Å². The molecule has 0 spiro atoms. The third-order valence-electron chi connectivity index (χ3n) is 6.08. The van der Waals surface area contributed by atoms with Crippen molar-refractivity contribution in [3.05, 3.63) is 83.9 Å². The molecule has 0 radical (unpaired) electrons. The lowest BCUT2D eigenvalue weighted by atomic mass is 10.0. The Labute approximate surface area is 203 Å². The molecule has 8 nitrogen and oxygen atoms in total. The maximum atomic E-state index is 13.4. The zero-order chi connectivity index (χ0) is 24.2. The van der Waals surface area contributed by atoms with E-state index in [1.54, 1.807) is 17.0 Å². The van der Waals surface area contributed by atoms with Crippen molar-refractivity contribution < 1.29 is 23.9 Å². The zero-order valence-electron chi connectivity index (χ0n) is 19.3. The predicted molar refractivity (Wildman–Crippen MR) is 130 cm³/mol. The van der Waals surface area contributed by atoms with E-state index in [1.807, 2.05) is 60.7 Å². The number of likely N-dealkylation sites (tertiary alicyclic amines) is 1. The van der Waals surface area contributed by atoms with Crippen molar-refractivity contribution in [1.29, 1.82) is 0 Å². The summed E-state index contributed by atoms with van der Waals surface area (Å²) in [6.45, 7) is 0.726. The fourth-order valence-electron chi connectivity index (χ4n) is 4.31. The van der Waals surface area contributed by atoms with Crippen molar-refractivity contribution in [2.45, 2.75) is 19.0 Å². The lowest BCUT2D eigenvalue weighted by Gasteiger charge is -2.23. The molecule has 1 atom stereocenters. The van der Waals surface area contributed by atoms with E-state index in [-0.39, 0.29) is 25.2 Å². The molecular formula is C27H25N3O5. The van der Waals surface area contributed by atoms with E-state index in [0.717, 1.165) is 16.7 Å². The topological polar surface area (TPSA) is 89.5 Å². The summed E-state index contributed by atoms with van der Waals surface area (Å²) in [5.74, 6) is 0.863. The molecule has 2 aliphatic heterocycles. The molecule has 5 rings (SSSR count). The Kier molecular flexibility index (Phi) is 6.34. The first-order valence-electron chi connectivity index (χ1n) is 11.3. The lowest BCUT2D eigenvalue weighted by Crippen LogP contribution is -2.45. The van der Waals surface area contributed by atoms with Gasteiger partial charge in [-0.3, -0.25) is 9.59 Å². The van der Waals surface area contributed by atoms with Crippen LogP contribution in [0.3, 0.4) is 0 Å². The van der Waals surface area contributed by atoms with Crippen LogP contribution in [0.5, 0.6) is 11.5 Å². The van der Waals surface area contributed by atoms with Gasteiger partial charge in [0.05, 0.1) is 12.3 Å². The number of amides is 2. The summed E-state index contributed by atoms with van der Waals surface area (Å²) >= 11 is 0. The third kappa shape index (κ3) is 4.82. The van der Waals surface area contributed by atoms with Crippen LogP contribution in [0.2, 0.25) is 0 Å². The van der Waals surface area contributed by atoms with Crippen molar-refractivity contribution in [3.63, 3.8) is 0 Å². The first-order chi connectivity index (χ1) is 17.1. The maximum Gasteiger partial charge on any atom is 0.254 e. The van der Waals surface area contributed by atoms with E-state index >= 15 is 0 Å². The van der Waals surface area contributed by atoms with Crippen molar-refractivity contribution in [2.75, 3.05) is 20.4 Å². The van der Waals surface area contributed by atoms with Crippen molar-refractivity contribution in [2.24, 2.45) is 5.16 Å². The monoisotopic (exact) mass is 471 g/mol. The highest BCUT2D eigenvalue weighted by atomic mass is 16.7. The summed E-state index contributed by atoms with van der Waals surface area (Å²) < 4.78 is 10.7. The van der Waals surface area contributed by atoms with Gasteiger partial charge in [-0.05, 0) is 41.0 Å². The molecule has 1 fully saturated rings. The van der Waals surface area contributed by atoms with Crippen LogP contribution in [0.4, 0.5) is 0 Å². The highest BCUT2D eigenvalue weighted by Gasteiger charge is 2.38. The van der Waals surface area contributed by atoms with Gasteiger partial charge < -0.3 is 24.5 Å². The minimum absolute atomic E-state index is 0.193. The van der Waals surface area contributed by atoms with Gasteiger partial charge in [0.1, 0.15) is 13.2 Å². The van der Waals surface area contributed by atoms with E-state index in [4.69, 9.17) is 14.3 Å². The number of carbonyl (C=O) groups is 2. The number of rotatable bonds is 6. The van der Waals surface area contributed by atoms with Gasteiger partial charge in [-0.15, -0.1) is 0 Å². The molecule has 0 unspecified atom stereocenters. The van der Waals surface area contributed by atoms with Crippen LogP contribution >= 0.6 is 0 Å². The number of carbonyl (C=O) groups excluding carboxylic acids is 2. The Morgan fingerprint density at radius 2 is 1.74 bits per heavy atom. The first kappa shape index (κ1) is 22.5. The van der Waals surface area contributed by atoms with Crippen LogP contribution in [0.1, 0.15) is 22.3 Å². The number of benzene rings is 3. The van der Waals surface area contributed by atoms with Gasteiger partial charge in [0.15, 0.2) is 11.5 Å². The van der Waals surface area contributed by atoms with E-state index in [2.05, 4.69) is 10.5 Å². The standard InChI is InChI=1S/C27H25N3O5/c1-33-29-22-14-23(26(31)28-15-18-7-12-24-25(13-18)35-17-34-24)30(16-22)27(32)21-10-8-20(9-11-21)19-5-3-2-4-6-19/h2-13,23H,14-17H2,1H3,(H,28,31)/t23-/m0/s1. The van der Waals surface area contributed by atoms with Crippen LogP contribution in [-0.2, 0) is 16.2 Å². The average molecular weight is 472 g/mol. The van der Waals surface area contributed by atoms with Gasteiger partial charge in [0.25, 0.3) is 5.91 Å². The molecular weight excluding hydrogens is 446 g/mol. The minimum atomic E-state index is -0.681. The number of hydrogen-bond acceptors (Lipinski definition) is 6. The molecule has 8 heteroatoms. The number of oxime groups is 1. The number of nitrogens with zero attached hydrogens (tertiary/aromatic N) is 2. The second-order valence-corrected chi connectivity index (χ2v) is 8.34. The normalized spacial score (nSPS) is 17.5. The zero-order valence-corrected chi connectivity index (χ0v) is 19.3. The molecule has 3 aromatic carbocycles. The van der Waals surface area contributed by atoms with Crippen molar-refractivity contribution in [3.8, 4) is 22.6 Å². The fraction of sp³-hybridized carbons (Fsp3) is 0.222. The van der Waals surface area contributed by atoms with Crippen LogP contribution in [0.25, 0.3) is 11.1 Å². The van der Waals surface area contributed by atoms with Gasteiger partial charge in [0.2, 0.25) is 12.7 Å². The number of fused-ring (bicyclic) bond motifs is 1. The Morgan fingerprint density at radius 3 is 2.51 bits per heavy atom. The Morgan fingerprint density at radius 1 is 1.00 bits per heavy atom. The first-order valence-corrected chi connectivity index (χ1v) is 11.3. The lowest BCUT2D eigenvalue weighted by molar-refractivity contribution is -0.124. The molecule has 2 heterocycles. The molecule has 1 N–H and O–H groups in total. The molecule has 3 aromatic rings. The molecule has 0 aliphatic carbocycles. The largest absolute Gasteiger partial charge is 0.454 e. The van der Waals surface area contributed by atoms with Crippen LogP contribution in [0, 0.1) is 0 Å². The molecule has 2 aliphatic rings. The summed E-state index contributed by atoms with van der Waals surface area (Å²) in [7, 11) is 1.45. The summed E-state index contributed by atoms with van der Waals surface area (Å²) in [5, 5.41) is 6.94. The SMILES string of the molecule is CON=C1C[C@@H](C(=O)NCc2ccc3c(c2)OCO3)N(C(=O)c2ccc(-c3ccccc3)cc2)C1. The average Bonchev–Trinajstić information content (AvgIpc) is 3.54. The second-order valence-electron chi connectivity index (χ2n) is 8.34.